The summed E-state index contributed by atoms with van der Waals surface area (Å²) < 4.78 is 0. The Kier molecular flexibility index (Phi) is 8.85. The van der Waals surface area contributed by atoms with E-state index >= 15 is 0 Å². The summed E-state index contributed by atoms with van der Waals surface area (Å²) in [4.78, 5) is 27.7. The number of rotatable bonds is 9. The molecule has 0 aromatic heterocycles. The largest absolute Gasteiger partial charge is 0.355 e. The molecule has 31 heavy (non-hydrogen) atoms. The lowest BCUT2D eigenvalue weighted by Gasteiger charge is -2.30. The Morgan fingerprint density at radius 1 is 1.00 bits per heavy atom. The lowest BCUT2D eigenvalue weighted by Crippen LogP contribution is -2.49. The molecule has 0 heterocycles. The molecule has 0 aliphatic carbocycles. The van der Waals surface area contributed by atoms with Crippen LogP contribution in [0.5, 0.6) is 0 Å². The van der Waals surface area contributed by atoms with E-state index in [9.17, 15) is 9.59 Å². The molecule has 2 amide bonds. The molecule has 0 saturated carbocycles. The zero-order valence-corrected chi connectivity index (χ0v) is 20.0. The van der Waals surface area contributed by atoms with E-state index in [0.29, 0.717) is 32.4 Å². The van der Waals surface area contributed by atoms with E-state index in [1.807, 2.05) is 39.0 Å². The number of nitrogens with one attached hydrogen (secondary N) is 1. The van der Waals surface area contributed by atoms with Gasteiger partial charge in [-0.15, -0.1) is 0 Å². The van der Waals surface area contributed by atoms with Crippen LogP contribution in [-0.4, -0.2) is 29.3 Å². The third-order valence-electron chi connectivity index (χ3n) is 5.62. The van der Waals surface area contributed by atoms with Crippen molar-refractivity contribution in [3.63, 3.8) is 0 Å². The summed E-state index contributed by atoms with van der Waals surface area (Å²) in [5.41, 5.74) is 4.73. The topological polar surface area (TPSA) is 49.4 Å². The van der Waals surface area contributed by atoms with Crippen molar-refractivity contribution in [1.29, 1.82) is 0 Å². The maximum Gasteiger partial charge on any atom is 0.242 e. The Hall–Kier alpha value is -2.62. The molecule has 0 bridgehead atoms. The molecule has 1 unspecified atom stereocenters. The Labute approximate surface area is 188 Å². The number of amides is 2. The second-order valence-electron chi connectivity index (χ2n) is 9.28. The van der Waals surface area contributed by atoms with Gasteiger partial charge in [-0.2, -0.15) is 0 Å². The highest BCUT2D eigenvalue weighted by molar-refractivity contribution is 5.87. The molecule has 4 nitrogen and oxygen atoms in total. The fourth-order valence-corrected chi connectivity index (χ4v) is 3.79. The number of aryl methyl sites for hydroxylation is 2. The number of hydrogen-bond donors (Lipinski definition) is 1. The maximum absolute atomic E-state index is 13.3. The predicted octanol–water partition coefficient (Wildman–Crippen LogP) is 5.17. The SMILES string of the molecule is CCNC(=O)C(CC)N(Cc1cccc(C)c1)C(=O)CCc1ccc(C(C)(C)C)cc1. The Balaban J connectivity index is 2.17. The average Bonchev–Trinajstić information content (AvgIpc) is 2.72. The van der Waals surface area contributed by atoms with E-state index in [0.717, 1.165) is 16.7 Å². The number of likely N-dealkylation sites (N-methyl/N-ethyl adjacent to an activating group) is 1. The summed E-state index contributed by atoms with van der Waals surface area (Å²) in [5, 5.41) is 2.89. The van der Waals surface area contributed by atoms with E-state index in [4.69, 9.17) is 0 Å². The predicted molar refractivity (Wildman–Crippen MR) is 128 cm³/mol. The van der Waals surface area contributed by atoms with Crippen LogP contribution in [0.2, 0.25) is 0 Å². The summed E-state index contributed by atoms with van der Waals surface area (Å²) in [6.07, 6.45) is 1.64. The molecule has 168 valence electrons. The molecule has 0 fully saturated rings. The number of hydrogen-bond acceptors (Lipinski definition) is 2. The molecular formula is C27H38N2O2. The van der Waals surface area contributed by atoms with Gasteiger partial charge in [-0.1, -0.05) is 81.8 Å². The lowest BCUT2D eigenvalue weighted by molar-refractivity contribution is -0.141. The third kappa shape index (κ3) is 7.23. The first-order valence-electron chi connectivity index (χ1n) is 11.4. The van der Waals surface area contributed by atoms with Gasteiger partial charge in [0, 0.05) is 19.5 Å². The highest BCUT2D eigenvalue weighted by atomic mass is 16.2. The van der Waals surface area contributed by atoms with E-state index < -0.39 is 6.04 Å². The molecule has 4 heteroatoms. The van der Waals surface area contributed by atoms with Gasteiger partial charge in [0.2, 0.25) is 11.8 Å². The molecule has 2 aromatic rings. The third-order valence-corrected chi connectivity index (χ3v) is 5.62. The number of benzene rings is 2. The Morgan fingerprint density at radius 2 is 1.68 bits per heavy atom. The van der Waals surface area contributed by atoms with Crippen LogP contribution in [0.3, 0.4) is 0 Å². The highest BCUT2D eigenvalue weighted by Crippen LogP contribution is 2.23. The standard InChI is InChI=1S/C27H38N2O2/c1-7-24(26(31)28-8-2)29(19-22-11-9-10-20(3)18-22)25(30)17-14-21-12-15-23(16-13-21)27(4,5)6/h9-13,15-16,18,24H,7-8,14,17,19H2,1-6H3,(H,28,31). The summed E-state index contributed by atoms with van der Waals surface area (Å²) in [6.45, 7) is 13.5. The van der Waals surface area contributed by atoms with Gasteiger partial charge in [0.1, 0.15) is 6.04 Å². The van der Waals surface area contributed by atoms with Crippen molar-refractivity contribution < 1.29 is 9.59 Å². The summed E-state index contributed by atoms with van der Waals surface area (Å²) >= 11 is 0. The van der Waals surface area contributed by atoms with Crippen molar-refractivity contribution >= 4 is 11.8 Å². The van der Waals surface area contributed by atoms with Crippen LogP contribution in [0, 0.1) is 6.92 Å². The summed E-state index contributed by atoms with van der Waals surface area (Å²) in [7, 11) is 0. The molecule has 0 aliphatic heterocycles. The first-order valence-corrected chi connectivity index (χ1v) is 11.4. The van der Waals surface area contributed by atoms with Gasteiger partial charge in [-0.25, -0.2) is 0 Å². The van der Waals surface area contributed by atoms with Crippen molar-refractivity contribution in [2.45, 2.75) is 78.8 Å². The van der Waals surface area contributed by atoms with Crippen LogP contribution in [0.15, 0.2) is 48.5 Å². The minimum absolute atomic E-state index is 0.0134. The van der Waals surface area contributed by atoms with E-state index in [2.05, 4.69) is 56.4 Å². The van der Waals surface area contributed by atoms with Crippen molar-refractivity contribution in [3.8, 4) is 0 Å². The molecule has 0 saturated heterocycles. The van der Waals surface area contributed by atoms with Crippen LogP contribution in [0.4, 0.5) is 0 Å². The van der Waals surface area contributed by atoms with Crippen LogP contribution in [0.1, 0.15) is 69.7 Å². The molecule has 2 rings (SSSR count). The van der Waals surface area contributed by atoms with Gasteiger partial charge >= 0.3 is 0 Å². The maximum atomic E-state index is 13.3. The minimum Gasteiger partial charge on any atom is -0.355 e. The zero-order valence-electron chi connectivity index (χ0n) is 20.0. The van der Waals surface area contributed by atoms with Crippen molar-refractivity contribution in [2.75, 3.05) is 6.54 Å². The number of carbonyl (C=O) groups excluding carboxylic acids is 2. The average molecular weight is 423 g/mol. The van der Waals surface area contributed by atoms with Crippen LogP contribution in [-0.2, 0) is 28.0 Å². The molecule has 1 atom stereocenters. The monoisotopic (exact) mass is 422 g/mol. The summed E-state index contributed by atoms with van der Waals surface area (Å²) in [5.74, 6) is -0.0694. The number of nitrogens with zero attached hydrogens (tertiary/aromatic N) is 1. The van der Waals surface area contributed by atoms with Gasteiger partial charge in [-0.05, 0) is 48.8 Å². The van der Waals surface area contributed by atoms with Gasteiger partial charge in [0.15, 0.2) is 0 Å². The fraction of sp³-hybridized carbons (Fsp3) is 0.481. The van der Waals surface area contributed by atoms with E-state index in [-0.39, 0.29) is 17.2 Å². The van der Waals surface area contributed by atoms with E-state index in [1.165, 1.54) is 5.56 Å². The molecule has 0 aliphatic rings. The van der Waals surface area contributed by atoms with Crippen LogP contribution >= 0.6 is 0 Å². The Morgan fingerprint density at radius 3 is 2.23 bits per heavy atom. The van der Waals surface area contributed by atoms with Gasteiger partial charge in [0.25, 0.3) is 0 Å². The van der Waals surface area contributed by atoms with Gasteiger partial charge < -0.3 is 10.2 Å². The first kappa shape index (κ1) is 24.6. The molecule has 0 spiro atoms. The fourth-order valence-electron chi connectivity index (χ4n) is 3.79. The zero-order chi connectivity index (χ0) is 23.0. The number of carbonyl (C=O) groups is 2. The quantitative estimate of drug-likeness (QED) is 0.606. The van der Waals surface area contributed by atoms with Gasteiger partial charge in [-0.3, -0.25) is 9.59 Å². The molecule has 1 N–H and O–H groups in total. The van der Waals surface area contributed by atoms with Crippen LogP contribution in [0.25, 0.3) is 0 Å². The summed E-state index contributed by atoms with van der Waals surface area (Å²) in [6, 6.07) is 16.2. The second kappa shape index (κ2) is 11.1. The first-order chi connectivity index (χ1) is 14.7. The molecule has 2 aromatic carbocycles. The lowest BCUT2D eigenvalue weighted by atomic mass is 9.86. The van der Waals surface area contributed by atoms with Crippen LogP contribution < -0.4 is 5.32 Å². The van der Waals surface area contributed by atoms with Gasteiger partial charge in [0.05, 0.1) is 0 Å². The minimum atomic E-state index is -0.462. The van der Waals surface area contributed by atoms with E-state index in [1.54, 1.807) is 4.90 Å². The molecule has 0 radical (unpaired) electrons. The van der Waals surface area contributed by atoms with Crippen molar-refractivity contribution in [3.05, 3.63) is 70.8 Å². The van der Waals surface area contributed by atoms with Crippen molar-refractivity contribution in [1.82, 2.24) is 10.2 Å². The second-order valence-corrected chi connectivity index (χ2v) is 9.28. The normalized spacial score (nSPS) is 12.3. The highest BCUT2D eigenvalue weighted by Gasteiger charge is 2.28. The van der Waals surface area contributed by atoms with Crippen molar-refractivity contribution in [2.24, 2.45) is 0 Å². The smallest absolute Gasteiger partial charge is 0.242 e. The molecular weight excluding hydrogens is 384 g/mol. The Bertz CT molecular complexity index is 866.